The number of anilines is 3. The number of halogens is 1. The number of aryl methyl sites for hydroxylation is 1. The van der Waals surface area contributed by atoms with Crippen LogP contribution in [0.25, 0.3) is 0 Å². The third-order valence-corrected chi connectivity index (χ3v) is 4.50. The zero-order valence-electron chi connectivity index (χ0n) is 18.4. The first-order valence-electron chi connectivity index (χ1n) is 9.75. The standard InChI is InChI=1S/C20H24N8O4.BrH.H3N/c1-28-10-14(7-17(28)20(32)22-4-2-3-21)27-19(31)16-6-13(9-24-16)26-18(30)15-5-12(8-23-15)25-11-29;;/h5-11,23-24H,2-4,21H2,1H3,(H,22,32)(H,25,29)(H,26,30)(H,27,31);1H;1H3. The van der Waals surface area contributed by atoms with Gasteiger partial charge in [-0.2, -0.15) is 0 Å². The molecule has 11 N–H and O–H groups in total. The fourth-order valence-corrected chi connectivity index (χ4v) is 2.92. The van der Waals surface area contributed by atoms with Gasteiger partial charge in [0.1, 0.15) is 17.1 Å². The van der Waals surface area contributed by atoms with Crippen LogP contribution < -0.4 is 33.2 Å². The molecule has 3 rings (SSSR count). The second kappa shape index (κ2) is 13.0. The van der Waals surface area contributed by atoms with Crippen LogP contribution in [0.1, 0.15) is 37.9 Å². The van der Waals surface area contributed by atoms with Crippen LogP contribution in [0.3, 0.4) is 0 Å². The van der Waals surface area contributed by atoms with E-state index < -0.39 is 11.8 Å². The van der Waals surface area contributed by atoms with Crippen molar-refractivity contribution in [1.29, 1.82) is 0 Å². The van der Waals surface area contributed by atoms with Crippen molar-refractivity contribution in [2.75, 3.05) is 29.0 Å². The minimum Gasteiger partial charge on any atom is -0.355 e. The molecular weight excluding hydrogens is 510 g/mol. The molecule has 4 amide bonds. The molecule has 3 aromatic heterocycles. The van der Waals surface area contributed by atoms with Crippen molar-refractivity contribution in [2.24, 2.45) is 12.8 Å². The highest BCUT2D eigenvalue weighted by molar-refractivity contribution is 8.93. The van der Waals surface area contributed by atoms with Gasteiger partial charge < -0.3 is 47.7 Å². The van der Waals surface area contributed by atoms with Gasteiger partial charge in [-0.1, -0.05) is 0 Å². The molecule has 0 spiro atoms. The smallest absolute Gasteiger partial charge is 0.272 e. The lowest BCUT2D eigenvalue weighted by atomic mass is 10.3. The van der Waals surface area contributed by atoms with Crippen LogP contribution in [0.2, 0.25) is 0 Å². The van der Waals surface area contributed by atoms with Crippen molar-refractivity contribution in [1.82, 2.24) is 26.0 Å². The van der Waals surface area contributed by atoms with Gasteiger partial charge in [0.2, 0.25) is 6.41 Å². The van der Waals surface area contributed by atoms with Crippen LogP contribution in [0.15, 0.2) is 36.8 Å². The summed E-state index contributed by atoms with van der Waals surface area (Å²) in [5, 5.41) is 10.5. The quantitative estimate of drug-likeness (QED) is 0.142. The summed E-state index contributed by atoms with van der Waals surface area (Å²) in [5.74, 6) is -1.14. The molecule has 0 bridgehead atoms. The Kier molecular flexibility index (Phi) is 10.7. The molecule has 3 aromatic rings. The number of nitrogens with zero attached hydrogens (tertiary/aromatic N) is 1. The van der Waals surface area contributed by atoms with Gasteiger partial charge in [0.05, 0.1) is 17.1 Å². The molecule has 0 saturated carbocycles. The lowest BCUT2D eigenvalue weighted by Crippen LogP contribution is -2.27. The molecule has 0 aliphatic carbocycles. The molecule has 14 heteroatoms. The van der Waals surface area contributed by atoms with E-state index in [1.54, 1.807) is 23.9 Å². The molecular formula is C20H28BrN9O4. The second-order valence-electron chi connectivity index (χ2n) is 6.90. The molecule has 0 aliphatic heterocycles. The molecule has 34 heavy (non-hydrogen) atoms. The third-order valence-electron chi connectivity index (χ3n) is 4.50. The summed E-state index contributed by atoms with van der Waals surface area (Å²) in [4.78, 5) is 53.0. The number of aromatic nitrogens is 3. The molecule has 0 unspecified atom stereocenters. The van der Waals surface area contributed by atoms with Gasteiger partial charge >= 0.3 is 0 Å². The van der Waals surface area contributed by atoms with E-state index in [1.807, 2.05) is 0 Å². The Morgan fingerprint density at radius 3 is 2.18 bits per heavy atom. The van der Waals surface area contributed by atoms with Crippen molar-refractivity contribution in [3.05, 3.63) is 53.9 Å². The molecule has 0 radical (unpaired) electrons. The Morgan fingerprint density at radius 1 is 0.971 bits per heavy atom. The van der Waals surface area contributed by atoms with Gasteiger partial charge in [0.15, 0.2) is 0 Å². The van der Waals surface area contributed by atoms with Crippen molar-refractivity contribution in [3.8, 4) is 0 Å². The minimum atomic E-state index is -0.441. The molecule has 0 aliphatic rings. The number of aromatic amines is 2. The van der Waals surface area contributed by atoms with E-state index in [1.165, 1.54) is 24.5 Å². The Balaban J connectivity index is 0.00000289. The number of H-pyrrole nitrogens is 2. The van der Waals surface area contributed by atoms with E-state index in [2.05, 4.69) is 31.2 Å². The van der Waals surface area contributed by atoms with Crippen LogP contribution in [0.4, 0.5) is 17.1 Å². The Labute approximate surface area is 205 Å². The van der Waals surface area contributed by atoms with Crippen molar-refractivity contribution < 1.29 is 19.2 Å². The third kappa shape index (κ3) is 7.06. The largest absolute Gasteiger partial charge is 0.355 e. The van der Waals surface area contributed by atoms with Crippen molar-refractivity contribution >= 4 is 58.2 Å². The number of nitrogens with one attached hydrogen (secondary N) is 6. The highest BCUT2D eigenvalue weighted by atomic mass is 79.9. The first kappa shape index (κ1) is 28.2. The number of hydrogen-bond acceptors (Lipinski definition) is 6. The summed E-state index contributed by atoms with van der Waals surface area (Å²) in [7, 11) is 1.70. The summed E-state index contributed by atoms with van der Waals surface area (Å²) < 4.78 is 1.61. The van der Waals surface area contributed by atoms with Crippen LogP contribution in [-0.2, 0) is 11.8 Å². The number of nitrogens with two attached hydrogens (primary N) is 1. The lowest BCUT2D eigenvalue weighted by Gasteiger charge is -2.04. The Morgan fingerprint density at radius 2 is 1.56 bits per heavy atom. The number of amides is 4. The van der Waals surface area contributed by atoms with Gasteiger partial charge in [0, 0.05) is 32.2 Å². The van der Waals surface area contributed by atoms with Crippen LogP contribution >= 0.6 is 17.0 Å². The van der Waals surface area contributed by atoms with E-state index >= 15 is 0 Å². The van der Waals surface area contributed by atoms with Gasteiger partial charge in [-0.25, -0.2) is 0 Å². The average Bonchev–Trinajstić information content (AvgIpc) is 3.49. The maximum Gasteiger partial charge on any atom is 0.272 e. The van der Waals surface area contributed by atoms with Gasteiger partial charge in [0.25, 0.3) is 17.7 Å². The summed E-state index contributed by atoms with van der Waals surface area (Å²) in [5.41, 5.74) is 7.55. The highest BCUT2D eigenvalue weighted by Gasteiger charge is 2.16. The molecule has 0 fully saturated rings. The second-order valence-corrected chi connectivity index (χ2v) is 6.90. The summed E-state index contributed by atoms with van der Waals surface area (Å²) in [6.45, 7) is 0.952. The van der Waals surface area contributed by atoms with Crippen LogP contribution in [-0.4, -0.2) is 51.8 Å². The zero-order valence-corrected chi connectivity index (χ0v) is 20.1. The number of carbonyl (C=O) groups is 4. The van der Waals surface area contributed by atoms with E-state index in [9.17, 15) is 19.2 Å². The van der Waals surface area contributed by atoms with E-state index in [0.29, 0.717) is 48.7 Å². The van der Waals surface area contributed by atoms with E-state index in [0.717, 1.165) is 0 Å². The monoisotopic (exact) mass is 537 g/mol. The fraction of sp³-hybridized carbons (Fsp3) is 0.200. The number of carbonyl (C=O) groups excluding carboxylic acids is 4. The van der Waals surface area contributed by atoms with Crippen LogP contribution in [0, 0.1) is 0 Å². The summed E-state index contributed by atoms with van der Waals surface area (Å²) >= 11 is 0. The Hall–Kier alpha value is -3.88. The fourth-order valence-electron chi connectivity index (χ4n) is 2.92. The normalized spacial score (nSPS) is 9.82. The predicted molar refractivity (Wildman–Crippen MR) is 134 cm³/mol. The van der Waals surface area contributed by atoms with Crippen molar-refractivity contribution in [3.63, 3.8) is 0 Å². The highest BCUT2D eigenvalue weighted by Crippen LogP contribution is 2.17. The molecule has 3 heterocycles. The van der Waals surface area contributed by atoms with Gasteiger partial charge in [-0.05, 0) is 31.2 Å². The van der Waals surface area contributed by atoms with Crippen molar-refractivity contribution in [2.45, 2.75) is 6.42 Å². The summed E-state index contributed by atoms with van der Waals surface area (Å²) in [6, 6.07) is 4.52. The molecule has 13 nitrogen and oxygen atoms in total. The lowest BCUT2D eigenvalue weighted by molar-refractivity contribution is -0.105. The van der Waals surface area contributed by atoms with Gasteiger partial charge in [-0.3, -0.25) is 19.2 Å². The number of hydrogen-bond donors (Lipinski definition) is 8. The first-order chi connectivity index (χ1) is 15.4. The van der Waals surface area contributed by atoms with E-state index in [-0.39, 0.29) is 40.4 Å². The molecule has 0 atom stereocenters. The summed E-state index contributed by atoms with van der Waals surface area (Å²) in [6.07, 6.45) is 5.75. The van der Waals surface area contributed by atoms with E-state index in [4.69, 9.17) is 5.73 Å². The number of rotatable bonds is 10. The first-order valence-corrected chi connectivity index (χ1v) is 9.75. The minimum absolute atomic E-state index is 0. The predicted octanol–water partition coefficient (Wildman–Crippen LogP) is 1.57. The molecule has 0 aromatic carbocycles. The average molecular weight is 538 g/mol. The zero-order chi connectivity index (χ0) is 23.1. The SMILES string of the molecule is Br.Cn1cc(NC(=O)c2cc(NC(=O)c3cc(NC=O)c[nH]3)c[nH]2)cc1C(=O)NCCCN.N. The maximum absolute atomic E-state index is 12.5. The molecule has 0 saturated heterocycles. The Bertz CT molecular complexity index is 1130. The maximum atomic E-state index is 12.5. The molecule has 184 valence electrons. The topological polar surface area (TPSA) is 214 Å². The van der Waals surface area contributed by atoms with Gasteiger partial charge in [-0.15, -0.1) is 17.0 Å². The van der Waals surface area contributed by atoms with Crippen LogP contribution in [0.5, 0.6) is 0 Å².